The first-order valence-electron chi connectivity index (χ1n) is 7.52. The fraction of sp³-hybridized carbons (Fsp3) is 0.647. The van der Waals surface area contributed by atoms with Gasteiger partial charge in [-0.25, -0.2) is 0 Å². The highest BCUT2D eigenvalue weighted by atomic mass is 16.3. The molecule has 18 heavy (non-hydrogen) atoms. The van der Waals surface area contributed by atoms with Gasteiger partial charge in [0.05, 0.1) is 0 Å². The lowest BCUT2D eigenvalue weighted by molar-refractivity contribution is 0.311. The van der Waals surface area contributed by atoms with Gasteiger partial charge in [-0.2, -0.15) is 0 Å². The zero-order chi connectivity index (χ0) is 12.8. The number of para-hydroxylation sites is 1. The molecular weight excluding hydrogens is 220 g/mol. The molecule has 1 saturated carbocycles. The minimum Gasteiger partial charge on any atom is -0.508 e. The molecule has 0 radical (unpaired) electrons. The zero-order valence-corrected chi connectivity index (χ0v) is 11.6. The second kappa shape index (κ2) is 6.82. The molecule has 0 aromatic heterocycles. The van der Waals surface area contributed by atoms with E-state index in [1.165, 1.54) is 44.9 Å². The van der Waals surface area contributed by atoms with Crippen molar-refractivity contribution in [2.24, 2.45) is 11.8 Å². The first-order valence-corrected chi connectivity index (χ1v) is 7.52. The average Bonchev–Trinajstić information content (AvgIpc) is 2.40. The van der Waals surface area contributed by atoms with E-state index in [0.717, 1.165) is 17.9 Å². The molecule has 1 aromatic carbocycles. The second-order valence-corrected chi connectivity index (χ2v) is 6.02. The Bertz CT molecular complexity index is 352. The fourth-order valence-corrected chi connectivity index (χ4v) is 3.16. The molecule has 0 heterocycles. The molecule has 1 aromatic rings. The van der Waals surface area contributed by atoms with Gasteiger partial charge in [-0.1, -0.05) is 70.1 Å². The summed E-state index contributed by atoms with van der Waals surface area (Å²) < 4.78 is 0. The van der Waals surface area contributed by atoms with Crippen LogP contribution >= 0.6 is 0 Å². The van der Waals surface area contributed by atoms with Gasteiger partial charge in [0.15, 0.2) is 0 Å². The molecule has 1 aliphatic carbocycles. The molecule has 0 amide bonds. The molecule has 1 aliphatic rings. The van der Waals surface area contributed by atoms with Gasteiger partial charge in [0, 0.05) is 0 Å². The third-order valence-corrected chi connectivity index (χ3v) is 4.35. The van der Waals surface area contributed by atoms with Crippen molar-refractivity contribution in [2.45, 2.75) is 58.3 Å². The van der Waals surface area contributed by atoms with Gasteiger partial charge in [-0.15, -0.1) is 0 Å². The highest BCUT2D eigenvalue weighted by Gasteiger charge is 2.15. The first-order chi connectivity index (χ1) is 8.75. The van der Waals surface area contributed by atoms with Crippen LogP contribution in [0.1, 0.15) is 57.4 Å². The Morgan fingerprint density at radius 1 is 1.17 bits per heavy atom. The summed E-state index contributed by atoms with van der Waals surface area (Å²) in [5.41, 5.74) is 1.11. The van der Waals surface area contributed by atoms with Crippen LogP contribution in [0, 0.1) is 11.8 Å². The maximum atomic E-state index is 9.78. The molecule has 0 spiro atoms. The van der Waals surface area contributed by atoms with Crippen LogP contribution in [0.15, 0.2) is 24.3 Å². The van der Waals surface area contributed by atoms with Gasteiger partial charge in [-0.05, 0) is 29.9 Å². The molecule has 1 atom stereocenters. The first kappa shape index (κ1) is 13.5. The Morgan fingerprint density at radius 2 is 1.89 bits per heavy atom. The predicted molar refractivity (Wildman–Crippen MR) is 76.8 cm³/mol. The van der Waals surface area contributed by atoms with Crippen molar-refractivity contribution >= 4 is 0 Å². The van der Waals surface area contributed by atoms with Crippen LogP contribution in [-0.2, 0) is 6.42 Å². The van der Waals surface area contributed by atoms with E-state index in [1.807, 2.05) is 18.2 Å². The fourth-order valence-electron chi connectivity index (χ4n) is 3.16. The summed E-state index contributed by atoms with van der Waals surface area (Å²) in [7, 11) is 0. The molecule has 1 N–H and O–H groups in total. The van der Waals surface area contributed by atoms with Crippen molar-refractivity contribution in [1.29, 1.82) is 0 Å². The van der Waals surface area contributed by atoms with E-state index in [2.05, 4.69) is 6.92 Å². The molecule has 1 heteroatoms. The number of benzene rings is 1. The van der Waals surface area contributed by atoms with Crippen molar-refractivity contribution < 1.29 is 5.11 Å². The van der Waals surface area contributed by atoms with Crippen molar-refractivity contribution in [1.82, 2.24) is 0 Å². The molecule has 0 aliphatic heterocycles. The van der Waals surface area contributed by atoms with Gasteiger partial charge in [0.25, 0.3) is 0 Å². The van der Waals surface area contributed by atoms with Crippen molar-refractivity contribution in [3.8, 4) is 5.75 Å². The number of rotatable bonds is 5. The van der Waals surface area contributed by atoms with Crippen LogP contribution in [0.5, 0.6) is 5.75 Å². The van der Waals surface area contributed by atoms with Gasteiger partial charge in [0.2, 0.25) is 0 Å². The Balaban J connectivity index is 1.74. The normalized spacial score (nSPS) is 18.7. The molecule has 100 valence electrons. The summed E-state index contributed by atoms with van der Waals surface area (Å²) in [5, 5.41) is 9.78. The van der Waals surface area contributed by atoms with E-state index in [4.69, 9.17) is 0 Å². The summed E-state index contributed by atoms with van der Waals surface area (Å²) in [5.74, 6) is 2.12. The summed E-state index contributed by atoms with van der Waals surface area (Å²) in [6.07, 6.45) is 10.9. The van der Waals surface area contributed by atoms with Gasteiger partial charge in [-0.3, -0.25) is 0 Å². The Labute approximate surface area is 111 Å². The van der Waals surface area contributed by atoms with Crippen LogP contribution < -0.4 is 0 Å². The van der Waals surface area contributed by atoms with E-state index >= 15 is 0 Å². The smallest absolute Gasteiger partial charge is 0.118 e. The number of phenols is 1. The highest BCUT2D eigenvalue weighted by Crippen LogP contribution is 2.30. The van der Waals surface area contributed by atoms with E-state index in [0.29, 0.717) is 11.7 Å². The highest BCUT2D eigenvalue weighted by molar-refractivity contribution is 5.31. The molecule has 1 nitrogen and oxygen atoms in total. The summed E-state index contributed by atoms with van der Waals surface area (Å²) >= 11 is 0. The minimum absolute atomic E-state index is 0.460. The van der Waals surface area contributed by atoms with Crippen molar-refractivity contribution in [3.63, 3.8) is 0 Å². The minimum atomic E-state index is 0.460. The van der Waals surface area contributed by atoms with Crippen LogP contribution in [-0.4, -0.2) is 5.11 Å². The Morgan fingerprint density at radius 3 is 2.61 bits per heavy atom. The monoisotopic (exact) mass is 246 g/mol. The third kappa shape index (κ3) is 4.04. The van der Waals surface area contributed by atoms with Crippen LogP contribution in [0.4, 0.5) is 0 Å². The maximum absolute atomic E-state index is 9.78. The summed E-state index contributed by atoms with van der Waals surface area (Å²) in [6, 6.07) is 7.75. The van der Waals surface area contributed by atoms with Crippen LogP contribution in [0.25, 0.3) is 0 Å². The quantitative estimate of drug-likeness (QED) is 0.781. The van der Waals surface area contributed by atoms with Gasteiger partial charge in [0.1, 0.15) is 5.75 Å². The van der Waals surface area contributed by atoms with E-state index < -0.39 is 0 Å². The molecule has 1 fully saturated rings. The van der Waals surface area contributed by atoms with E-state index in [-0.39, 0.29) is 0 Å². The van der Waals surface area contributed by atoms with Crippen molar-refractivity contribution in [2.75, 3.05) is 0 Å². The standard InChI is InChI=1S/C17H26O/c1-14(11-12-15-7-3-2-4-8-15)13-16-9-5-6-10-17(16)18/h5-6,9-10,14-15,18H,2-4,7-8,11-13H2,1H3. The number of aromatic hydroxyl groups is 1. The van der Waals surface area contributed by atoms with Crippen molar-refractivity contribution in [3.05, 3.63) is 29.8 Å². The summed E-state index contributed by atoms with van der Waals surface area (Å²) in [6.45, 7) is 2.31. The molecule has 2 rings (SSSR count). The van der Waals surface area contributed by atoms with Crippen LogP contribution in [0.2, 0.25) is 0 Å². The predicted octanol–water partition coefficient (Wildman–Crippen LogP) is 4.93. The largest absolute Gasteiger partial charge is 0.508 e. The second-order valence-electron chi connectivity index (χ2n) is 6.02. The Hall–Kier alpha value is -0.980. The lowest BCUT2D eigenvalue weighted by atomic mass is 9.83. The SMILES string of the molecule is CC(CCC1CCCCC1)Cc1ccccc1O. The molecular formula is C17H26O. The summed E-state index contributed by atoms with van der Waals surface area (Å²) in [4.78, 5) is 0. The van der Waals surface area contributed by atoms with E-state index in [9.17, 15) is 5.11 Å². The zero-order valence-electron chi connectivity index (χ0n) is 11.6. The topological polar surface area (TPSA) is 20.2 Å². The molecule has 0 bridgehead atoms. The number of phenolic OH excluding ortho intramolecular Hbond substituents is 1. The maximum Gasteiger partial charge on any atom is 0.118 e. The average molecular weight is 246 g/mol. The third-order valence-electron chi connectivity index (χ3n) is 4.35. The molecule has 1 unspecified atom stereocenters. The van der Waals surface area contributed by atoms with Crippen LogP contribution in [0.3, 0.4) is 0 Å². The number of hydrogen-bond acceptors (Lipinski definition) is 1. The Kier molecular flexibility index (Phi) is 5.10. The van der Waals surface area contributed by atoms with Gasteiger partial charge >= 0.3 is 0 Å². The lowest BCUT2D eigenvalue weighted by Crippen LogP contribution is -2.09. The van der Waals surface area contributed by atoms with Gasteiger partial charge < -0.3 is 5.11 Å². The van der Waals surface area contributed by atoms with E-state index in [1.54, 1.807) is 6.07 Å². The molecule has 0 saturated heterocycles. The number of hydrogen-bond donors (Lipinski definition) is 1. The lowest BCUT2D eigenvalue weighted by Gasteiger charge is -2.23.